The lowest BCUT2D eigenvalue weighted by atomic mass is 10.2. The summed E-state index contributed by atoms with van der Waals surface area (Å²) < 4.78 is 0. The smallest absolute Gasteiger partial charge is 0.291 e. The quantitative estimate of drug-likeness (QED) is 0.648. The van der Waals surface area contributed by atoms with E-state index < -0.39 is 13.5 Å². The summed E-state index contributed by atoms with van der Waals surface area (Å²) in [6, 6.07) is 8.37. The van der Waals surface area contributed by atoms with Crippen LogP contribution in [0.3, 0.4) is 0 Å². The minimum Gasteiger partial charge on any atom is -0.653 e. The second-order valence-electron chi connectivity index (χ2n) is 2.58. The van der Waals surface area contributed by atoms with Gasteiger partial charge in [-0.3, -0.25) is 9.69 Å². The Morgan fingerprint density at radius 3 is 2.31 bits per heavy atom. The third-order valence-corrected chi connectivity index (χ3v) is 2.30. The molecule has 1 rings (SSSR count). The third kappa shape index (κ3) is 3.20. The monoisotopic (exact) mass is 199 g/mol. The Morgan fingerprint density at radius 2 is 1.85 bits per heavy atom. The van der Waals surface area contributed by atoms with Crippen molar-refractivity contribution in [3.05, 3.63) is 35.9 Å². The number of rotatable bonds is 3. The lowest BCUT2D eigenvalue weighted by molar-refractivity contribution is -0.327. The zero-order chi connectivity index (χ0) is 9.90. The van der Waals surface area contributed by atoms with Crippen LogP contribution in [0.5, 0.6) is 0 Å². The van der Waals surface area contributed by atoms with E-state index >= 15 is 0 Å². The van der Waals surface area contributed by atoms with Crippen LogP contribution in [0.2, 0.25) is 0 Å². The molecule has 0 radical (unpaired) electrons. The Kier molecular flexibility index (Phi) is 3.12. The number of carbonyl (C=O) groups is 1. The first-order valence-corrected chi connectivity index (χ1v) is 5.19. The Morgan fingerprint density at radius 1 is 1.31 bits per heavy atom. The van der Waals surface area contributed by atoms with Crippen LogP contribution in [-0.2, 0) is 11.2 Å². The average Bonchev–Trinajstić information content (AvgIpc) is 2.04. The Balaban J connectivity index is 2.66. The molecule has 0 unspecified atom stereocenters. The van der Waals surface area contributed by atoms with Crippen LogP contribution in [0.1, 0.15) is 5.56 Å². The lowest BCUT2D eigenvalue weighted by Gasteiger charge is -2.24. The maximum atomic E-state index is 10.8. The van der Waals surface area contributed by atoms with Gasteiger partial charge in [0.2, 0.25) is 0 Å². The van der Waals surface area contributed by atoms with Crippen molar-refractivity contribution in [3.8, 4) is 0 Å². The van der Waals surface area contributed by atoms with Crippen LogP contribution in [0, 0.1) is 0 Å². The normalized spacial score (nSPS) is 11.3. The van der Waals surface area contributed by atoms with Gasteiger partial charge in [0.05, 0.1) is 6.42 Å². The van der Waals surface area contributed by atoms with Gasteiger partial charge in [0.1, 0.15) is 7.94 Å². The molecule has 0 spiro atoms. The van der Waals surface area contributed by atoms with Gasteiger partial charge < -0.3 is 9.79 Å². The highest BCUT2D eigenvalue weighted by atomic mass is 31.2. The summed E-state index contributed by atoms with van der Waals surface area (Å²) in [5, 5.41) is 0. The fourth-order valence-electron chi connectivity index (χ4n) is 0.870. The van der Waals surface area contributed by atoms with Crippen LogP contribution in [0.15, 0.2) is 30.3 Å². The first-order valence-electron chi connectivity index (χ1n) is 3.61. The van der Waals surface area contributed by atoms with Crippen molar-refractivity contribution in [1.82, 2.24) is 0 Å². The molecule has 4 nitrogen and oxygen atoms in total. The van der Waals surface area contributed by atoms with Gasteiger partial charge in [-0.05, 0) is 5.56 Å². The molecule has 0 aromatic heterocycles. The van der Waals surface area contributed by atoms with Crippen molar-refractivity contribution < 1.29 is 19.5 Å². The van der Waals surface area contributed by atoms with Crippen LogP contribution in [0.4, 0.5) is 0 Å². The maximum absolute atomic E-state index is 10.8. The molecule has 0 fully saturated rings. The van der Waals surface area contributed by atoms with E-state index in [1.54, 1.807) is 30.3 Å². The Labute approximate surface area is 76.1 Å². The SMILES string of the molecule is O=C(Cc1ccccc1)[P+]([O-])([O-])O. The van der Waals surface area contributed by atoms with Crippen molar-refractivity contribution in [2.24, 2.45) is 0 Å². The van der Waals surface area contributed by atoms with Gasteiger partial charge in [-0.15, -0.1) is 0 Å². The van der Waals surface area contributed by atoms with Crippen LogP contribution in [-0.4, -0.2) is 10.4 Å². The summed E-state index contributed by atoms with van der Waals surface area (Å²) in [5.41, 5.74) is -0.587. The summed E-state index contributed by atoms with van der Waals surface area (Å²) in [6.07, 6.45) is -0.280. The van der Waals surface area contributed by atoms with Gasteiger partial charge in [-0.2, -0.15) is 0 Å². The zero-order valence-corrected chi connectivity index (χ0v) is 7.61. The van der Waals surface area contributed by atoms with Crippen LogP contribution >= 0.6 is 7.94 Å². The largest absolute Gasteiger partial charge is 0.653 e. The highest BCUT2D eigenvalue weighted by Crippen LogP contribution is 2.35. The molecule has 0 atom stereocenters. The molecule has 70 valence electrons. The maximum Gasteiger partial charge on any atom is 0.291 e. The minimum atomic E-state index is -4.81. The number of hydrogen-bond acceptors (Lipinski definition) is 4. The molecule has 1 aromatic rings. The lowest BCUT2D eigenvalue weighted by Crippen LogP contribution is -2.29. The predicted octanol–water partition coefficient (Wildman–Crippen LogP) is -0.769. The molecule has 0 aliphatic heterocycles. The molecular weight excluding hydrogens is 191 g/mol. The van der Waals surface area contributed by atoms with E-state index in [0.29, 0.717) is 5.56 Å². The van der Waals surface area contributed by atoms with Gasteiger partial charge in [-0.25, -0.2) is 0 Å². The van der Waals surface area contributed by atoms with Gasteiger partial charge in [0.15, 0.2) is 0 Å². The third-order valence-electron chi connectivity index (χ3n) is 1.51. The summed E-state index contributed by atoms with van der Waals surface area (Å²) in [4.78, 5) is 39.9. The van der Waals surface area contributed by atoms with Gasteiger partial charge >= 0.3 is 0 Å². The van der Waals surface area contributed by atoms with Crippen molar-refractivity contribution in [2.75, 3.05) is 0 Å². The molecule has 1 aromatic carbocycles. The van der Waals surface area contributed by atoms with Crippen molar-refractivity contribution in [3.63, 3.8) is 0 Å². The van der Waals surface area contributed by atoms with Crippen LogP contribution in [0.25, 0.3) is 0 Å². The van der Waals surface area contributed by atoms with E-state index in [4.69, 9.17) is 4.89 Å². The molecule has 0 amide bonds. The molecule has 0 aliphatic carbocycles. The fourth-order valence-corrected chi connectivity index (χ4v) is 1.25. The molecule has 0 aliphatic rings. The molecule has 13 heavy (non-hydrogen) atoms. The van der Waals surface area contributed by atoms with E-state index in [2.05, 4.69) is 0 Å². The summed E-state index contributed by atoms with van der Waals surface area (Å²) in [5.74, 6) is 0. The van der Waals surface area contributed by atoms with Gasteiger partial charge in [0, 0.05) is 0 Å². The molecular formula is C8H8O4P-. The van der Waals surface area contributed by atoms with E-state index in [0.717, 1.165) is 0 Å². The Bertz CT molecular complexity index is 291. The highest BCUT2D eigenvalue weighted by molar-refractivity contribution is 7.73. The Hall–Kier alpha value is -0.800. The summed E-state index contributed by atoms with van der Waals surface area (Å²) >= 11 is 0. The van der Waals surface area contributed by atoms with E-state index in [9.17, 15) is 14.6 Å². The standard InChI is InChI=1S/C8H9O4P/c9-8(13(10,11)12)6-7-4-2-1-3-5-7/h1-5H,6H2,(H2,10,11,12)/p-1. The number of benzene rings is 1. The zero-order valence-electron chi connectivity index (χ0n) is 6.71. The molecule has 0 bridgehead atoms. The first-order chi connectivity index (χ1) is 6.00. The molecule has 0 heterocycles. The number of carbonyl (C=O) groups excluding carboxylic acids is 1. The predicted molar refractivity (Wildman–Crippen MR) is 44.3 cm³/mol. The van der Waals surface area contributed by atoms with E-state index in [1.807, 2.05) is 0 Å². The van der Waals surface area contributed by atoms with Crippen molar-refractivity contribution >= 4 is 13.5 Å². The van der Waals surface area contributed by atoms with Crippen molar-refractivity contribution in [2.45, 2.75) is 6.42 Å². The molecule has 0 saturated heterocycles. The molecule has 0 saturated carbocycles. The number of hydrogen-bond donors (Lipinski definition) is 1. The van der Waals surface area contributed by atoms with Gasteiger partial charge in [-0.1, -0.05) is 30.3 Å². The second kappa shape index (κ2) is 3.94. The van der Waals surface area contributed by atoms with Crippen molar-refractivity contribution in [1.29, 1.82) is 0 Å². The van der Waals surface area contributed by atoms with E-state index in [1.165, 1.54) is 0 Å². The molecule has 5 heteroatoms. The van der Waals surface area contributed by atoms with E-state index in [-0.39, 0.29) is 6.42 Å². The fraction of sp³-hybridized carbons (Fsp3) is 0.125. The average molecular weight is 199 g/mol. The summed E-state index contributed by atoms with van der Waals surface area (Å²) in [6.45, 7) is 0. The second-order valence-corrected chi connectivity index (χ2v) is 4.12. The van der Waals surface area contributed by atoms with Gasteiger partial charge in [0.25, 0.3) is 5.52 Å². The molecule has 1 N–H and O–H groups in total. The summed E-state index contributed by atoms with van der Waals surface area (Å²) in [7, 11) is -4.81. The highest BCUT2D eigenvalue weighted by Gasteiger charge is 2.21. The first kappa shape index (κ1) is 10.3. The minimum absolute atomic E-state index is 0.280. The topological polar surface area (TPSA) is 83.4 Å². The van der Waals surface area contributed by atoms with Crippen LogP contribution < -0.4 is 9.79 Å².